The molecule has 0 aromatic carbocycles. The molecule has 0 bridgehead atoms. The van der Waals surface area contributed by atoms with Crippen molar-refractivity contribution in [3.8, 4) is 17.5 Å². The van der Waals surface area contributed by atoms with Gasteiger partial charge < -0.3 is 13.3 Å². The third kappa shape index (κ3) is 3.44. The maximum Gasteiger partial charge on any atom is 0.277 e. The monoisotopic (exact) mass is 358 g/mol. The number of nitrogens with zero attached hydrogens (tertiary/aromatic N) is 3. The van der Waals surface area contributed by atoms with E-state index in [1.165, 1.54) is 6.26 Å². The number of hydrogen-bond acceptors (Lipinski definition) is 8. The lowest BCUT2D eigenvalue weighted by Gasteiger charge is -2.00. The van der Waals surface area contributed by atoms with Gasteiger partial charge in [-0.25, -0.2) is 0 Å². The summed E-state index contributed by atoms with van der Waals surface area (Å²) >= 11 is 1.09. The van der Waals surface area contributed by atoms with Gasteiger partial charge in [0.25, 0.3) is 11.1 Å². The summed E-state index contributed by atoms with van der Waals surface area (Å²) < 4.78 is 16.1. The Balaban J connectivity index is 1.62. The van der Waals surface area contributed by atoms with Crippen LogP contribution in [0.2, 0.25) is 0 Å². The van der Waals surface area contributed by atoms with Crippen molar-refractivity contribution in [1.82, 2.24) is 10.2 Å². The van der Waals surface area contributed by atoms with Gasteiger partial charge in [-0.2, -0.15) is 5.26 Å². The van der Waals surface area contributed by atoms with E-state index in [0.29, 0.717) is 34.1 Å². The van der Waals surface area contributed by atoms with E-state index in [1.54, 1.807) is 26.8 Å². The summed E-state index contributed by atoms with van der Waals surface area (Å²) in [4.78, 5) is 12.1. The fraction of sp³-hybridized carbons (Fsp3) is 0.250. The molecule has 0 saturated heterocycles. The summed E-state index contributed by atoms with van der Waals surface area (Å²) in [5.74, 6) is 1.45. The number of aromatic nitrogens is 2. The number of thioether (sulfide) groups is 1. The standard InChI is InChI=1S/C16H14N4O4S/c1-8-9(2)23-14(12(8)6-17)18-13(21)7-25-16-20-19-15(24-16)11-4-5-22-10(11)3/h4-5H,7H2,1-3H3,(H,18,21). The SMILES string of the molecule is Cc1occc1-c1nnc(SCC(=O)Nc2oc(C)c(C)c2C#N)o1. The predicted molar refractivity (Wildman–Crippen MR) is 89.0 cm³/mol. The van der Waals surface area contributed by atoms with Gasteiger partial charge >= 0.3 is 0 Å². The Morgan fingerprint density at radius 1 is 1.28 bits per heavy atom. The molecule has 0 aliphatic heterocycles. The number of rotatable bonds is 5. The Bertz CT molecular complexity index is 963. The van der Waals surface area contributed by atoms with Crippen molar-refractivity contribution in [2.24, 2.45) is 0 Å². The minimum atomic E-state index is -0.338. The van der Waals surface area contributed by atoms with Crippen LogP contribution in [0.25, 0.3) is 11.5 Å². The highest BCUT2D eigenvalue weighted by Crippen LogP contribution is 2.27. The molecule has 0 aliphatic rings. The number of carbonyl (C=O) groups is 1. The smallest absolute Gasteiger partial charge is 0.277 e. The minimum Gasteiger partial charge on any atom is -0.469 e. The van der Waals surface area contributed by atoms with Gasteiger partial charge in [0.15, 0.2) is 0 Å². The molecule has 0 atom stereocenters. The molecule has 0 saturated carbocycles. The van der Waals surface area contributed by atoms with Gasteiger partial charge in [0.05, 0.1) is 17.6 Å². The molecule has 0 radical (unpaired) electrons. The first-order valence-electron chi connectivity index (χ1n) is 7.30. The topological polar surface area (TPSA) is 118 Å². The van der Waals surface area contributed by atoms with Crippen molar-refractivity contribution in [3.63, 3.8) is 0 Å². The lowest BCUT2D eigenvalue weighted by molar-refractivity contribution is -0.113. The fourth-order valence-corrected chi connectivity index (χ4v) is 2.69. The lowest BCUT2D eigenvalue weighted by atomic mass is 10.2. The Morgan fingerprint density at radius 3 is 2.76 bits per heavy atom. The number of nitrogens with one attached hydrogen (secondary N) is 1. The summed E-state index contributed by atoms with van der Waals surface area (Å²) in [5.41, 5.74) is 1.75. The maximum atomic E-state index is 12.1. The van der Waals surface area contributed by atoms with E-state index in [4.69, 9.17) is 18.5 Å². The van der Waals surface area contributed by atoms with E-state index in [9.17, 15) is 4.79 Å². The van der Waals surface area contributed by atoms with Crippen LogP contribution in [0.4, 0.5) is 5.88 Å². The van der Waals surface area contributed by atoms with E-state index < -0.39 is 0 Å². The van der Waals surface area contributed by atoms with Gasteiger partial charge in [0.1, 0.15) is 23.2 Å². The van der Waals surface area contributed by atoms with E-state index in [2.05, 4.69) is 15.5 Å². The van der Waals surface area contributed by atoms with Gasteiger partial charge in [-0.1, -0.05) is 11.8 Å². The van der Waals surface area contributed by atoms with Crippen LogP contribution in [-0.2, 0) is 4.79 Å². The molecule has 1 amide bonds. The van der Waals surface area contributed by atoms with Crippen LogP contribution in [0.5, 0.6) is 0 Å². The molecular formula is C16H14N4O4S. The van der Waals surface area contributed by atoms with Crippen molar-refractivity contribution < 1.29 is 18.0 Å². The predicted octanol–water partition coefficient (Wildman–Crippen LogP) is 3.45. The third-order valence-corrected chi connectivity index (χ3v) is 4.39. The van der Waals surface area contributed by atoms with Crippen LogP contribution < -0.4 is 5.32 Å². The normalized spacial score (nSPS) is 10.6. The molecule has 0 fully saturated rings. The molecule has 3 aromatic rings. The van der Waals surface area contributed by atoms with Gasteiger partial charge in [-0.05, 0) is 26.8 Å². The highest BCUT2D eigenvalue weighted by Gasteiger charge is 2.18. The number of amides is 1. The quantitative estimate of drug-likeness (QED) is 0.689. The molecule has 0 unspecified atom stereocenters. The van der Waals surface area contributed by atoms with Crippen molar-refractivity contribution in [3.05, 3.63) is 35.0 Å². The average Bonchev–Trinajstić information content (AvgIpc) is 3.26. The molecule has 9 heteroatoms. The summed E-state index contributed by atoms with van der Waals surface area (Å²) in [7, 11) is 0. The number of furan rings is 2. The lowest BCUT2D eigenvalue weighted by Crippen LogP contribution is -2.14. The van der Waals surface area contributed by atoms with Crippen LogP contribution in [-0.4, -0.2) is 21.9 Å². The summed E-state index contributed by atoms with van der Waals surface area (Å²) in [6, 6.07) is 3.75. The fourth-order valence-electron chi connectivity index (χ4n) is 2.12. The molecule has 3 aromatic heterocycles. The van der Waals surface area contributed by atoms with Gasteiger partial charge in [0.2, 0.25) is 11.8 Å². The molecule has 0 spiro atoms. The Labute approximate surface area is 147 Å². The molecule has 128 valence electrons. The number of carbonyl (C=O) groups excluding carboxylic acids is 1. The number of hydrogen-bond donors (Lipinski definition) is 1. The first-order chi connectivity index (χ1) is 12.0. The minimum absolute atomic E-state index is 0.0374. The zero-order valence-corrected chi connectivity index (χ0v) is 14.6. The number of nitriles is 1. The van der Waals surface area contributed by atoms with Crippen LogP contribution in [0.1, 0.15) is 22.6 Å². The highest BCUT2D eigenvalue weighted by atomic mass is 32.2. The van der Waals surface area contributed by atoms with Crippen LogP contribution >= 0.6 is 11.8 Å². The molecule has 0 aliphatic carbocycles. The van der Waals surface area contributed by atoms with Crippen LogP contribution in [0, 0.1) is 32.1 Å². The molecule has 3 rings (SSSR count). The van der Waals surface area contributed by atoms with Gasteiger partial charge in [-0.15, -0.1) is 10.2 Å². The summed E-state index contributed by atoms with van der Waals surface area (Å²) in [5, 5.41) is 19.8. The number of aryl methyl sites for hydroxylation is 2. The van der Waals surface area contributed by atoms with Gasteiger partial charge in [-0.3, -0.25) is 10.1 Å². The van der Waals surface area contributed by atoms with E-state index in [0.717, 1.165) is 11.8 Å². The Hall–Kier alpha value is -2.99. The first-order valence-corrected chi connectivity index (χ1v) is 8.29. The number of anilines is 1. The van der Waals surface area contributed by atoms with Crippen molar-refractivity contribution in [2.45, 2.75) is 26.0 Å². The Morgan fingerprint density at radius 2 is 2.08 bits per heavy atom. The second-order valence-electron chi connectivity index (χ2n) is 5.20. The molecule has 1 N–H and O–H groups in total. The first kappa shape index (κ1) is 16.9. The van der Waals surface area contributed by atoms with Crippen molar-refractivity contribution >= 4 is 23.6 Å². The van der Waals surface area contributed by atoms with E-state index in [-0.39, 0.29) is 22.8 Å². The zero-order valence-electron chi connectivity index (χ0n) is 13.7. The van der Waals surface area contributed by atoms with E-state index >= 15 is 0 Å². The van der Waals surface area contributed by atoms with E-state index in [1.807, 2.05) is 6.07 Å². The second-order valence-corrected chi connectivity index (χ2v) is 6.13. The van der Waals surface area contributed by atoms with Crippen molar-refractivity contribution in [2.75, 3.05) is 11.1 Å². The maximum absolute atomic E-state index is 12.1. The van der Waals surface area contributed by atoms with Gasteiger partial charge in [0, 0.05) is 5.56 Å². The third-order valence-electron chi connectivity index (χ3n) is 3.57. The molecular weight excluding hydrogens is 344 g/mol. The zero-order chi connectivity index (χ0) is 18.0. The summed E-state index contributed by atoms with van der Waals surface area (Å²) in [6.07, 6.45) is 1.54. The second kappa shape index (κ2) is 6.86. The van der Waals surface area contributed by atoms with Crippen LogP contribution in [0.15, 0.2) is 30.8 Å². The largest absolute Gasteiger partial charge is 0.469 e. The average molecular weight is 358 g/mol. The molecule has 25 heavy (non-hydrogen) atoms. The highest BCUT2D eigenvalue weighted by molar-refractivity contribution is 7.99. The van der Waals surface area contributed by atoms with Crippen LogP contribution in [0.3, 0.4) is 0 Å². The summed E-state index contributed by atoms with van der Waals surface area (Å²) in [6.45, 7) is 5.29. The Kier molecular flexibility index (Phi) is 4.63. The van der Waals surface area contributed by atoms with Crippen molar-refractivity contribution in [1.29, 1.82) is 5.26 Å². The molecule has 3 heterocycles. The molecule has 8 nitrogen and oxygen atoms in total.